The lowest BCUT2D eigenvalue weighted by molar-refractivity contribution is -0.126. The summed E-state index contributed by atoms with van der Waals surface area (Å²) in [6, 6.07) is 11.7. The lowest BCUT2D eigenvalue weighted by Gasteiger charge is -2.19. The third kappa shape index (κ3) is 3.64. The quantitative estimate of drug-likeness (QED) is 0.901. The summed E-state index contributed by atoms with van der Waals surface area (Å²) in [7, 11) is 3.69. The van der Waals surface area contributed by atoms with Crippen molar-refractivity contribution in [3.05, 3.63) is 58.0 Å². The smallest absolute Gasteiger partial charge is 0.252 e. The second-order valence-corrected chi connectivity index (χ2v) is 6.33. The van der Waals surface area contributed by atoms with Crippen molar-refractivity contribution >= 4 is 11.9 Å². The maximum absolute atomic E-state index is 12.0. The molecule has 1 atom stereocenters. The predicted octanol–water partition coefficient (Wildman–Crippen LogP) is 1.39. The minimum absolute atomic E-state index is 0.00827. The van der Waals surface area contributed by atoms with Gasteiger partial charge in [0.25, 0.3) is 5.56 Å². The molecule has 0 radical (unpaired) electrons. The first-order chi connectivity index (χ1) is 11.5. The summed E-state index contributed by atoms with van der Waals surface area (Å²) in [6.45, 7) is 1.36. The van der Waals surface area contributed by atoms with Crippen molar-refractivity contribution in [2.75, 3.05) is 32.1 Å². The van der Waals surface area contributed by atoms with Crippen LogP contribution in [0.4, 0.5) is 5.95 Å². The van der Waals surface area contributed by atoms with Crippen molar-refractivity contribution in [1.29, 1.82) is 0 Å². The Labute approximate surface area is 141 Å². The molecule has 1 aromatic heterocycles. The van der Waals surface area contributed by atoms with E-state index >= 15 is 0 Å². The first-order valence-electron chi connectivity index (χ1n) is 8.13. The third-order valence-electron chi connectivity index (χ3n) is 4.45. The molecule has 0 saturated carbocycles. The molecular formula is C18H22N4O2. The molecule has 6 heteroatoms. The van der Waals surface area contributed by atoms with Gasteiger partial charge in [0.05, 0.1) is 5.69 Å². The zero-order valence-corrected chi connectivity index (χ0v) is 14.0. The Morgan fingerprint density at radius 3 is 2.71 bits per heavy atom. The monoisotopic (exact) mass is 326 g/mol. The molecule has 1 aliphatic heterocycles. The van der Waals surface area contributed by atoms with Crippen LogP contribution in [0.1, 0.15) is 23.6 Å². The number of carbonyl (C=O) groups is 1. The topological polar surface area (TPSA) is 69.3 Å². The van der Waals surface area contributed by atoms with Crippen LogP contribution in [0.3, 0.4) is 0 Å². The van der Waals surface area contributed by atoms with Gasteiger partial charge in [-0.3, -0.25) is 14.6 Å². The third-order valence-corrected chi connectivity index (χ3v) is 4.45. The molecule has 1 aliphatic rings. The van der Waals surface area contributed by atoms with E-state index in [-0.39, 0.29) is 17.4 Å². The van der Waals surface area contributed by atoms with Crippen LogP contribution in [0.25, 0.3) is 0 Å². The first kappa shape index (κ1) is 16.2. The molecule has 2 aromatic rings. The number of H-pyrrole nitrogens is 1. The van der Waals surface area contributed by atoms with Crippen LogP contribution in [0.5, 0.6) is 0 Å². The number of nitrogens with zero attached hydrogens (tertiary/aromatic N) is 3. The van der Waals surface area contributed by atoms with Gasteiger partial charge < -0.3 is 9.80 Å². The van der Waals surface area contributed by atoms with Crippen molar-refractivity contribution in [2.45, 2.75) is 18.8 Å². The highest BCUT2D eigenvalue weighted by Gasteiger charge is 2.29. The van der Waals surface area contributed by atoms with Crippen molar-refractivity contribution in [3.63, 3.8) is 0 Å². The molecule has 24 heavy (non-hydrogen) atoms. The maximum atomic E-state index is 12.0. The summed E-state index contributed by atoms with van der Waals surface area (Å²) >= 11 is 0. The zero-order chi connectivity index (χ0) is 17.1. The van der Waals surface area contributed by atoms with Gasteiger partial charge in [-0.15, -0.1) is 0 Å². The largest absolute Gasteiger partial charge is 0.345 e. The molecular weight excluding hydrogens is 304 g/mol. The van der Waals surface area contributed by atoms with E-state index < -0.39 is 0 Å². The number of aromatic amines is 1. The van der Waals surface area contributed by atoms with E-state index in [9.17, 15) is 9.59 Å². The molecule has 126 valence electrons. The van der Waals surface area contributed by atoms with Crippen LogP contribution in [-0.2, 0) is 11.2 Å². The summed E-state index contributed by atoms with van der Waals surface area (Å²) in [5.74, 6) is 0.641. The van der Waals surface area contributed by atoms with E-state index in [2.05, 4.69) is 22.1 Å². The van der Waals surface area contributed by atoms with Gasteiger partial charge in [-0.05, 0) is 12.0 Å². The highest BCUT2D eigenvalue weighted by molar-refractivity contribution is 5.79. The normalized spacial score (nSPS) is 17.3. The Hall–Kier alpha value is -2.63. The summed E-state index contributed by atoms with van der Waals surface area (Å²) in [5, 5.41) is 0. The predicted molar refractivity (Wildman–Crippen MR) is 93.3 cm³/mol. The molecule has 1 aromatic carbocycles. The van der Waals surface area contributed by atoms with Crippen LogP contribution < -0.4 is 10.5 Å². The first-order valence-corrected chi connectivity index (χ1v) is 8.13. The number of amides is 1. The number of likely N-dealkylation sites (tertiary alicyclic amines) is 1. The van der Waals surface area contributed by atoms with Crippen LogP contribution in [-0.4, -0.2) is 48.0 Å². The summed E-state index contributed by atoms with van der Waals surface area (Å²) in [6.07, 6.45) is 1.29. The van der Waals surface area contributed by atoms with Crippen LogP contribution in [0.2, 0.25) is 0 Å². The number of hydrogen-bond donors (Lipinski definition) is 1. The highest BCUT2D eigenvalue weighted by atomic mass is 16.2. The number of carbonyl (C=O) groups excluding carboxylic acids is 1. The van der Waals surface area contributed by atoms with E-state index in [4.69, 9.17) is 0 Å². The van der Waals surface area contributed by atoms with Gasteiger partial charge in [-0.1, -0.05) is 30.3 Å². The van der Waals surface area contributed by atoms with Gasteiger partial charge in [0.1, 0.15) is 0 Å². The number of likely N-dealkylation sites (N-methyl/N-ethyl adjacent to an activating group) is 2. The Morgan fingerprint density at radius 1 is 1.29 bits per heavy atom. The van der Waals surface area contributed by atoms with Crippen LogP contribution >= 0.6 is 0 Å². The molecule has 6 nitrogen and oxygen atoms in total. The van der Waals surface area contributed by atoms with Gasteiger partial charge in [0.2, 0.25) is 11.9 Å². The zero-order valence-electron chi connectivity index (χ0n) is 14.0. The van der Waals surface area contributed by atoms with Gasteiger partial charge >= 0.3 is 0 Å². The fourth-order valence-electron chi connectivity index (χ4n) is 2.96. The van der Waals surface area contributed by atoms with E-state index in [0.717, 1.165) is 13.0 Å². The minimum atomic E-state index is -0.177. The van der Waals surface area contributed by atoms with Crippen molar-refractivity contribution in [2.24, 2.45) is 0 Å². The van der Waals surface area contributed by atoms with Crippen LogP contribution in [0.15, 0.2) is 41.2 Å². The second-order valence-electron chi connectivity index (χ2n) is 6.33. The SMILES string of the molecule is CN1C[C@H](c2cc(=O)[nH]c(N(C)CCc3ccccc3)n2)CC1=O. The average molecular weight is 326 g/mol. The molecule has 0 unspecified atom stereocenters. The number of aromatic nitrogens is 2. The maximum Gasteiger partial charge on any atom is 0.252 e. The summed E-state index contributed by atoms with van der Waals surface area (Å²) < 4.78 is 0. The molecule has 1 saturated heterocycles. The lowest BCUT2D eigenvalue weighted by atomic mass is 10.0. The standard InChI is InChI=1S/C18H22N4O2/c1-21(9-8-13-6-4-3-5-7-13)18-19-15(11-16(23)20-18)14-10-17(24)22(2)12-14/h3-7,11,14H,8-10,12H2,1-2H3,(H,19,20,23)/t14-/m1/s1. The van der Waals surface area contributed by atoms with E-state index in [1.165, 1.54) is 11.6 Å². The molecule has 0 aliphatic carbocycles. The van der Waals surface area contributed by atoms with Gasteiger partial charge in [0.15, 0.2) is 0 Å². The number of hydrogen-bond acceptors (Lipinski definition) is 4. The molecule has 2 heterocycles. The van der Waals surface area contributed by atoms with Gasteiger partial charge in [-0.2, -0.15) is 0 Å². The Balaban J connectivity index is 1.73. The molecule has 1 fully saturated rings. The van der Waals surface area contributed by atoms with Gasteiger partial charge in [-0.25, -0.2) is 4.98 Å². The number of rotatable bonds is 5. The fourth-order valence-corrected chi connectivity index (χ4v) is 2.96. The highest BCUT2D eigenvalue weighted by Crippen LogP contribution is 2.25. The van der Waals surface area contributed by atoms with Crippen LogP contribution in [0, 0.1) is 0 Å². The number of benzene rings is 1. The molecule has 0 spiro atoms. The minimum Gasteiger partial charge on any atom is -0.345 e. The van der Waals surface area contributed by atoms with E-state index in [0.29, 0.717) is 24.6 Å². The fraction of sp³-hybridized carbons (Fsp3) is 0.389. The Kier molecular flexibility index (Phi) is 4.64. The second kappa shape index (κ2) is 6.86. The van der Waals surface area contributed by atoms with Gasteiger partial charge in [0, 0.05) is 45.6 Å². The Bertz CT molecular complexity index is 772. The Morgan fingerprint density at radius 2 is 2.04 bits per heavy atom. The molecule has 3 rings (SSSR count). The molecule has 1 amide bonds. The van der Waals surface area contributed by atoms with Crippen molar-refractivity contribution in [1.82, 2.24) is 14.9 Å². The molecule has 0 bridgehead atoms. The number of nitrogens with one attached hydrogen (secondary N) is 1. The lowest BCUT2D eigenvalue weighted by Crippen LogP contribution is -2.26. The van der Waals surface area contributed by atoms with E-state index in [1.807, 2.05) is 30.1 Å². The number of anilines is 1. The summed E-state index contributed by atoms with van der Waals surface area (Å²) in [5.41, 5.74) is 1.76. The average Bonchev–Trinajstić information content (AvgIpc) is 2.92. The van der Waals surface area contributed by atoms with E-state index in [1.54, 1.807) is 11.9 Å². The molecule has 1 N–H and O–H groups in total. The summed E-state index contributed by atoms with van der Waals surface area (Å²) in [4.78, 5) is 34.7. The van der Waals surface area contributed by atoms with Crippen molar-refractivity contribution in [3.8, 4) is 0 Å². The van der Waals surface area contributed by atoms with Crippen molar-refractivity contribution < 1.29 is 4.79 Å².